The van der Waals surface area contributed by atoms with Crippen molar-refractivity contribution in [1.29, 1.82) is 0 Å². The first-order chi connectivity index (χ1) is 11.0. The van der Waals surface area contributed by atoms with E-state index in [1.54, 1.807) is 11.2 Å². The Kier molecular flexibility index (Phi) is 2.76. The molecule has 23 heavy (non-hydrogen) atoms. The molecule has 0 unspecified atom stereocenters. The van der Waals surface area contributed by atoms with E-state index in [1.165, 1.54) is 54.3 Å². The van der Waals surface area contributed by atoms with Gasteiger partial charge in [0.2, 0.25) is 0 Å². The van der Waals surface area contributed by atoms with Gasteiger partial charge in [0.1, 0.15) is 17.0 Å². The molecule has 4 heteroatoms. The van der Waals surface area contributed by atoms with Gasteiger partial charge in [-0.25, -0.2) is 9.97 Å². The summed E-state index contributed by atoms with van der Waals surface area (Å²) in [6, 6.07) is 0.548. The van der Waals surface area contributed by atoms with Crippen LogP contribution in [0, 0.1) is 16.7 Å². The molecule has 5 rings (SSSR count). The Hall–Kier alpha value is -1.16. The molecule has 0 amide bonds. The predicted molar refractivity (Wildman–Crippen MR) is 96.1 cm³/mol. The molecule has 2 bridgehead atoms. The van der Waals surface area contributed by atoms with E-state index < -0.39 is 0 Å². The predicted octanol–water partition coefficient (Wildman–Crippen LogP) is 4.81. The first-order valence-corrected chi connectivity index (χ1v) is 9.84. The fourth-order valence-corrected chi connectivity index (χ4v) is 6.85. The minimum Gasteiger partial charge on any atom is -0.366 e. The Bertz CT molecular complexity index is 793. The molecule has 0 aliphatic heterocycles. The molecule has 3 nitrogen and oxygen atoms in total. The standard InChI is InChI=1S/C19H25N3S/c1-18(2)11-7-8-19(18,3)14(9-11)22-16-15-12-5-4-6-13(12)23-17(15)21-10-20-16/h10-11,14H,4-9H2,1-3H3,(H,20,21,22)/t11-,14-,19+/m1/s1. The summed E-state index contributed by atoms with van der Waals surface area (Å²) in [6.45, 7) is 7.45. The molecule has 122 valence electrons. The van der Waals surface area contributed by atoms with Gasteiger partial charge < -0.3 is 5.32 Å². The van der Waals surface area contributed by atoms with Crippen molar-refractivity contribution in [2.75, 3.05) is 5.32 Å². The van der Waals surface area contributed by atoms with Gasteiger partial charge in [-0.15, -0.1) is 11.3 Å². The van der Waals surface area contributed by atoms with Crippen LogP contribution >= 0.6 is 11.3 Å². The lowest BCUT2D eigenvalue weighted by Crippen LogP contribution is -2.40. The molecule has 2 aromatic rings. The highest BCUT2D eigenvalue weighted by molar-refractivity contribution is 7.19. The van der Waals surface area contributed by atoms with E-state index in [0.29, 0.717) is 16.9 Å². The zero-order chi connectivity index (χ0) is 15.8. The maximum absolute atomic E-state index is 4.67. The number of hydrogen-bond acceptors (Lipinski definition) is 4. The van der Waals surface area contributed by atoms with Crippen molar-refractivity contribution in [3.05, 3.63) is 16.8 Å². The minimum atomic E-state index is 0.383. The number of aromatic nitrogens is 2. The maximum Gasteiger partial charge on any atom is 0.138 e. The average Bonchev–Trinajstić information content (AvgIpc) is 3.18. The first kappa shape index (κ1) is 14.2. The molecule has 1 N–H and O–H groups in total. The number of anilines is 1. The summed E-state index contributed by atoms with van der Waals surface area (Å²) in [5.41, 5.74) is 2.35. The third-order valence-electron chi connectivity index (χ3n) is 7.61. The number of rotatable bonds is 2. The monoisotopic (exact) mass is 327 g/mol. The van der Waals surface area contributed by atoms with E-state index in [4.69, 9.17) is 0 Å². The molecule has 2 fully saturated rings. The molecule has 0 aromatic carbocycles. The van der Waals surface area contributed by atoms with Crippen molar-refractivity contribution in [3.63, 3.8) is 0 Å². The van der Waals surface area contributed by atoms with Gasteiger partial charge in [-0.1, -0.05) is 20.8 Å². The van der Waals surface area contributed by atoms with Gasteiger partial charge >= 0.3 is 0 Å². The fraction of sp³-hybridized carbons (Fsp3) is 0.684. The average molecular weight is 327 g/mol. The molecule has 3 aliphatic carbocycles. The molecule has 3 aliphatic rings. The quantitative estimate of drug-likeness (QED) is 0.860. The van der Waals surface area contributed by atoms with E-state index in [1.807, 2.05) is 11.3 Å². The second-order valence-corrected chi connectivity index (χ2v) is 9.65. The van der Waals surface area contributed by atoms with E-state index in [0.717, 1.165) is 11.7 Å². The van der Waals surface area contributed by atoms with Crippen LogP contribution in [0.3, 0.4) is 0 Å². The second kappa shape index (κ2) is 4.47. The normalized spacial score (nSPS) is 34.2. The summed E-state index contributed by atoms with van der Waals surface area (Å²) in [6.07, 6.45) is 9.51. The molecule has 3 atom stereocenters. The molecule has 2 saturated carbocycles. The van der Waals surface area contributed by atoms with Gasteiger partial charge in [0, 0.05) is 10.9 Å². The van der Waals surface area contributed by atoms with Crippen LogP contribution in [0.1, 0.15) is 56.9 Å². The van der Waals surface area contributed by atoms with Crippen LogP contribution in [0.5, 0.6) is 0 Å². The number of nitrogens with zero attached hydrogens (tertiary/aromatic N) is 2. The summed E-state index contributed by atoms with van der Waals surface area (Å²) in [4.78, 5) is 11.9. The highest BCUT2D eigenvalue weighted by Gasteiger charge is 2.61. The molecule has 0 spiro atoms. The van der Waals surface area contributed by atoms with E-state index in [2.05, 4.69) is 36.1 Å². The largest absolute Gasteiger partial charge is 0.366 e. The molecule has 0 saturated heterocycles. The van der Waals surface area contributed by atoms with Crippen LogP contribution in [-0.4, -0.2) is 16.0 Å². The highest BCUT2D eigenvalue weighted by Crippen LogP contribution is 2.66. The van der Waals surface area contributed by atoms with Crippen LogP contribution in [0.2, 0.25) is 0 Å². The lowest BCUT2D eigenvalue weighted by atomic mass is 9.69. The lowest BCUT2D eigenvalue weighted by molar-refractivity contribution is 0.142. The molecular weight excluding hydrogens is 302 g/mol. The summed E-state index contributed by atoms with van der Waals surface area (Å²) in [5.74, 6) is 1.96. The Morgan fingerprint density at radius 1 is 1.22 bits per heavy atom. The Labute approximate surface area is 141 Å². The Morgan fingerprint density at radius 3 is 2.83 bits per heavy atom. The maximum atomic E-state index is 4.67. The molecule has 0 radical (unpaired) electrons. The Balaban J connectivity index is 1.56. The van der Waals surface area contributed by atoms with Gasteiger partial charge in [0.05, 0.1) is 5.39 Å². The molecule has 2 heterocycles. The van der Waals surface area contributed by atoms with Crippen molar-refractivity contribution in [2.24, 2.45) is 16.7 Å². The highest BCUT2D eigenvalue weighted by atomic mass is 32.1. The van der Waals surface area contributed by atoms with Gasteiger partial charge in [-0.05, 0) is 60.8 Å². The third kappa shape index (κ3) is 1.71. The molecule has 2 aromatic heterocycles. The van der Waals surface area contributed by atoms with Crippen molar-refractivity contribution < 1.29 is 0 Å². The first-order valence-electron chi connectivity index (χ1n) is 9.02. The number of fused-ring (bicyclic) bond motifs is 5. The van der Waals surface area contributed by atoms with E-state index in [-0.39, 0.29) is 0 Å². The van der Waals surface area contributed by atoms with Crippen molar-refractivity contribution in [3.8, 4) is 0 Å². The van der Waals surface area contributed by atoms with E-state index >= 15 is 0 Å². The van der Waals surface area contributed by atoms with Crippen LogP contribution < -0.4 is 5.32 Å². The summed E-state index contributed by atoms with van der Waals surface area (Å²) >= 11 is 1.88. The topological polar surface area (TPSA) is 37.8 Å². The van der Waals surface area contributed by atoms with Gasteiger partial charge in [0.15, 0.2) is 0 Å². The van der Waals surface area contributed by atoms with Crippen LogP contribution in [0.4, 0.5) is 5.82 Å². The van der Waals surface area contributed by atoms with Crippen molar-refractivity contribution in [1.82, 2.24) is 9.97 Å². The lowest BCUT2D eigenvalue weighted by Gasteiger charge is -2.39. The molecular formula is C19H25N3S. The van der Waals surface area contributed by atoms with Gasteiger partial charge in [-0.2, -0.15) is 0 Å². The smallest absolute Gasteiger partial charge is 0.138 e. The Morgan fingerprint density at radius 2 is 2.09 bits per heavy atom. The second-order valence-electron chi connectivity index (χ2n) is 8.57. The number of hydrogen-bond donors (Lipinski definition) is 1. The zero-order valence-corrected chi connectivity index (χ0v) is 15.1. The van der Waals surface area contributed by atoms with Crippen LogP contribution in [0.15, 0.2) is 6.33 Å². The summed E-state index contributed by atoms with van der Waals surface area (Å²) in [7, 11) is 0. The van der Waals surface area contributed by atoms with Crippen LogP contribution in [0.25, 0.3) is 10.2 Å². The number of nitrogens with one attached hydrogen (secondary N) is 1. The summed E-state index contributed by atoms with van der Waals surface area (Å²) in [5, 5.41) is 5.21. The summed E-state index contributed by atoms with van der Waals surface area (Å²) < 4.78 is 0. The van der Waals surface area contributed by atoms with Gasteiger partial charge in [0.25, 0.3) is 0 Å². The number of thiophene rings is 1. The van der Waals surface area contributed by atoms with Crippen molar-refractivity contribution >= 4 is 27.4 Å². The number of aryl methyl sites for hydroxylation is 2. The van der Waals surface area contributed by atoms with Gasteiger partial charge in [-0.3, -0.25) is 0 Å². The van der Waals surface area contributed by atoms with Crippen molar-refractivity contribution in [2.45, 2.75) is 65.3 Å². The SMILES string of the molecule is CC1(C)[C@@H]2CC[C@@]1(C)[C@H](Nc1ncnc3sc4c(c13)CCC4)C2. The minimum absolute atomic E-state index is 0.383. The fourth-order valence-electron chi connectivity index (χ4n) is 5.63. The van der Waals surface area contributed by atoms with E-state index in [9.17, 15) is 0 Å². The van der Waals surface area contributed by atoms with Crippen LogP contribution in [-0.2, 0) is 12.8 Å². The zero-order valence-electron chi connectivity index (χ0n) is 14.3. The third-order valence-corrected chi connectivity index (χ3v) is 8.81.